The summed E-state index contributed by atoms with van der Waals surface area (Å²) in [4.78, 5) is 18.3. The van der Waals surface area contributed by atoms with E-state index in [9.17, 15) is 9.90 Å². The number of aromatic nitrogens is 2. The smallest absolute Gasteiger partial charge is 0.339 e. The third kappa shape index (κ3) is 2.18. The first-order chi connectivity index (χ1) is 9.70. The Balaban J connectivity index is 2.04. The van der Waals surface area contributed by atoms with E-state index in [0.29, 0.717) is 11.7 Å². The summed E-state index contributed by atoms with van der Waals surface area (Å²) in [6.07, 6.45) is 7.37. The molecule has 5 heteroatoms. The number of carboxylic acids is 1. The van der Waals surface area contributed by atoms with Crippen molar-refractivity contribution in [3.05, 3.63) is 35.8 Å². The fraction of sp³-hybridized carbons (Fsp3) is 0.467. The van der Waals surface area contributed by atoms with Crippen LogP contribution in [0.3, 0.4) is 0 Å². The number of fused-ring (bicyclic) bond motifs is 1. The molecular formula is C15H19N3O2. The van der Waals surface area contributed by atoms with Crippen LogP contribution in [-0.2, 0) is 0 Å². The highest BCUT2D eigenvalue weighted by atomic mass is 16.4. The highest BCUT2D eigenvalue weighted by Gasteiger charge is 2.25. The Kier molecular flexibility index (Phi) is 3.44. The lowest BCUT2D eigenvalue weighted by Crippen LogP contribution is -2.33. The number of hydrogen-bond donors (Lipinski definition) is 1. The first-order valence-corrected chi connectivity index (χ1v) is 7.15. The van der Waals surface area contributed by atoms with Crippen molar-refractivity contribution in [2.45, 2.75) is 32.2 Å². The lowest BCUT2D eigenvalue weighted by Gasteiger charge is -2.33. The number of likely N-dealkylation sites (tertiary alicyclic amines) is 1. The molecule has 0 bridgehead atoms. The van der Waals surface area contributed by atoms with Gasteiger partial charge in [0.25, 0.3) is 0 Å². The average molecular weight is 273 g/mol. The number of rotatable bonds is 3. The summed E-state index contributed by atoms with van der Waals surface area (Å²) in [6.45, 7) is 4.27. The molecule has 2 aromatic heterocycles. The zero-order valence-corrected chi connectivity index (χ0v) is 11.6. The first kappa shape index (κ1) is 13.1. The lowest BCUT2D eigenvalue weighted by molar-refractivity contribution is 0.0698. The highest BCUT2D eigenvalue weighted by Crippen LogP contribution is 2.30. The van der Waals surface area contributed by atoms with Crippen molar-refractivity contribution in [2.24, 2.45) is 0 Å². The van der Waals surface area contributed by atoms with Gasteiger partial charge in [0.15, 0.2) is 5.65 Å². The largest absolute Gasteiger partial charge is 0.478 e. The van der Waals surface area contributed by atoms with E-state index in [4.69, 9.17) is 0 Å². The van der Waals surface area contributed by atoms with Crippen molar-refractivity contribution in [3.8, 4) is 0 Å². The summed E-state index contributed by atoms with van der Waals surface area (Å²) in [5.74, 6) is -0.927. The molecule has 0 spiro atoms. The fourth-order valence-corrected chi connectivity index (χ4v) is 3.06. The van der Waals surface area contributed by atoms with Gasteiger partial charge in [-0.05, 0) is 38.1 Å². The monoisotopic (exact) mass is 273 g/mol. The molecule has 3 rings (SSSR count). The predicted molar refractivity (Wildman–Crippen MR) is 76.0 cm³/mol. The molecule has 1 N–H and O–H groups in total. The Bertz CT molecular complexity index is 635. The minimum Gasteiger partial charge on any atom is -0.478 e. The molecule has 1 atom stereocenters. The standard InChI is InChI=1S/C15H19N3O2/c1-2-17-8-4-3-7-13(17)12-10-18-9-5-6-11(15(19)20)14(18)16-12/h5-6,9-10,13H,2-4,7-8H2,1H3,(H,19,20). The summed E-state index contributed by atoms with van der Waals surface area (Å²) in [7, 11) is 0. The number of carboxylic acid groups (broad SMARTS) is 1. The topological polar surface area (TPSA) is 57.8 Å². The zero-order chi connectivity index (χ0) is 14.1. The maximum atomic E-state index is 11.3. The van der Waals surface area contributed by atoms with Crippen LogP contribution in [-0.4, -0.2) is 38.4 Å². The van der Waals surface area contributed by atoms with Gasteiger partial charge in [0.1, 0.15) is 5.56 Å². The van der Waals surface area contributed by atoms with Crippen molar-refractivity contribution in [2.75, 3.05) is 13.1 Å². The maximum absolute atomic E-state index is 11.3. The summed E-state index contributed by atoms with van der Waals surface area (Å²) in [6, 6.07) is 3.67. The van der Waals surface area contributed by atoms with Gasteiger partial charge in [-0.25, -0.2) is 9.78 Å². The molecule has 0 radical (unpaired) electrons. The minimum absolute atomic E-state index is 0.262. The summed E-state index contributed by atoms with van der Waals surface area (Å²) in [5, 5.41) is 9.24. The normalized spacial score (nSPS) is 20.4. The number of nitrogens with zero attached hydrogens (tertiary/aromatic N) is 3. The Morgan fingerprint density at radius 3 is 3.10 bits per heavy atom. The average Bonchev–Trinajstić information content (AvgIpc) is 2.90. The molecule has 1 unspecified atom stereocenters. The maximum Gasteiger partial charge on any atom is 0.339 e. The van der Waals surface area contributed by atoms with E-state index in [0.717, 1.165) is 25.2 Å². The first-order valence-electron chi connectivity index (χ1n) is 7.15. The van der Waals surface area contributed by atoms with Crippen LogP contribution in [0.1, 0.15) is 48.3 Å². The molecule has 1 aliphatic rings. The van der Waals surface area contributed by atoms with Crippen LogP contribution >= 0.6 is 0 Å². The number of carbonyl (C=O) groups is 1. The molecule has 106 valence electrons. The van der Waals surface area contributed by atoms with E-state index in [1.54, 1.807) is 12.1 Å². The summed E-state index contributed by atoms with van der Waals surface area (Å²) < 4.78 is 1.82. The van der Waals surface area contributed by atoms with Crippen molar-refractivity contribution >= 4 is 11.6 Å². The van der Waals surface area contributed by atoms with Crippen LogP contribution in [0.4, 0.5) is 0 Å². The van der Waals surface area contributed by atoms with E-state index < -0.39 is 5.97 Å². The van der Waals surface area contributed by atoms with Gasteiger partial charge < -0.3 is 9.51 Å². The summed E-state index contributed by atoms with van der Waals surface area (Å²) in [5.41, 5.74) is 1.79. The van der Waals surface area contributed by atoms with Gasteiger partial charge in [-0.1, -0.05) is 13.3 Å². The third-order valence-electron chi connectivity index (χ3n) is 4.09. The van der Waals surface area contributed by atoms with Gasteiger partial charge in [0.05, 0.1) is 11.7 Å². The van der Waals surface area contributed by atoms with Crippen LogP contribution in [0.15, 0.2) is 24.5 Å². The molecule has 5 nitrogen and oxygen atoms in total. The Hall–Kier alpha value is -1.88. The molecule has 0 aromatic carbocycles. The van der Waals surface area contributed by atoms with Crippen molar-refractivity contribution in [1.82, 2.24) is 14.3 Å². The Labute approximate surface area is 117 Å². The van der Waals surface area contributed by atoms with E-state index in [1.165, 1.54) is 12.8 Å². The molecule has 0 amide bonds. The second-order valence-electron chi connectivity index (χ2n) is 5.26. The van der Waals surface area contributed by atoms with E-state index >= 15 is 0 Å². The van der Waals surface area contributed by atoms with Crippen LogP contribution in [0.5, 0.6) is 0 Å². The molecule has 20 heavy (non-hydrogen) atoms. The van der Waals surface area contributed by atoms with Gasteiger partial charge >= 0.3 is 5.97 Å². The van der Waals surface area contributed by atoms with E-state index in [1.807, 2.05) is 16.8 Å². The number of imidazole rings is 1. The Morgan fingerprint density at radius 2 is 2.35 bits per heavy atom. The van der Waals surface area contributed by atoms with Crippen LogP contribution in [0, 0.1) is 0 Å². The predicted octanol–water partition coefficient (Wildman–Crippen LogP) is 2.58. The van der Waals surface area contributed by atoms with Crippen molar-refractivity contribution in [3.63, 3.8) is 0 Å². The quantitative estimate of drug-likeness (QED) is 0.933. The molecule has 1 aliphatic heterocycles. The molecular weight excluding hydrogens is 254 g/mol. The Morgan fingerprint density at radius 1 is 1.50 bits per heavy atom. The third-order valence-corrected chi connectivity index (χ3v) is 4.09. The number of piperidine rings is 1. The van der Waals surface area contributed by atoms with Gasteiger partial charge in [0.2, 0.25) is 0 Å². The molecule has 1 saturated heterocycles. The summed E-state index contributed by atoms with van der Waals surface area (Å²) >= 11 is 0. The van der Waals surface area contributed by atoms with Crippen LogP contribution in [0.25, 0.3) is 5.65 Å². The molecule has 0 saturated carbocycles. The number of pyridine rings is 1. The lowest BCUT2D eigenvalue weighted by atomic mass is 10.00. The fourth-order valence-electron chi connectivity index (χ4n) is 3.06. The van der Waals surface area contributed by atoms with Crippen molar-refractivity contribution < 1.29 is 9.90 Å². The zero-order valence-electron chi connectivity index (χ0n) is 11.6. The van der Waals surface area contributed by atoms with Crippen LogP contribution in [0.2, 0.25) is 0 Å². The van der Waals surface area contributed by atoms with E-state index in [2.05, 4.69) is 16.8 Å². The van der Waals surface area contributed by atoms with E-state index in [-0.39, 0.29) is 5.56 Å². The molecule has 3 heterocycles. The van der Waals surface area contributed by atoms with Crippen molar-refractivity contribution in [1.29, 1.82) is 0 Å². The second-order valence-corrected chi connectivity index (χ2v) is 5.26. The van der Waals surface area contributed by atoms with Gasteiger partial charge in [0, 0.05) is 12.4 Å². The highest BCUT2D eigenvalue weighted by molar-refractivity contribution is 5.94. The molecule has 0 aliphatic carbocycles. The minimum atomic E-state index is -0.927. The SMILES string of the molecule is CCN1CCCCC1c1cn2cccc(C(=O)O)c2n1. The van der Waals surface area contributed by atoms with Gasteiger partial charge in [-0.15, -0.1) is 0 Å². The number of hydrogen-bond acceptors (Lipinski definition) is 3. The molecule has 2 aromatic rings. The molecule has 1 fully saturated rings. The van der Waals surface area contributed by atoms with Gasteiger partial charge in [-0.3, -0.25) is 4.90 Å². The van der Waals surface area contributed by atoms with Crippen LogP contribution < -0.4 is 0 Å². The second kappa shape index (κ2) is 5.25. The van der Waals surface area contributed by atoms with Gasteiger partial charge in [-0.2, -0.15) is 0 Å². The number of aromatic carboxylic acids is 1.